The topological polar surface area (TPSA) is 28.2 Å². The molecule has 0 unspecified atom stereocenters. The van der Waals surface area contributed by atoms with Gasteiger partial charge in [0.2, 0.25) is 0 Å². The summed E-state index contributed by atoms with van der Waals surface area (Å²) in [6, 6.07) is 4.07. The lowest BCUT2D eigenvalue weighted by atomic mass is 10.2. The van der Waals surface area contributed by atoms with Gasteiger partial charge in [-0.2, -0.15) is 0 Å². The summed E-state index contributed by atoms with van der Waals surface area (Å²) in [6.45, 7) is 3.15. The molecule has 4 heteroatoms. The van der Waals surface area contributed by atoms with E-state index in [-0.39, 0.29) is 0 Å². The maximum atomic E-state index is 4.33. The molecule has 0 aromatic carbocycles. The Balaban J connectivity index is 1.79. The molecule has 0 bridgehead atoms. The molecule has 0 spiro atoms. The number of piperidine rings is 1. The molecule has 0 amide bonds. The van der Waals surface area contributed by atoms with Gasteiger partial charge in [-0.15, -0.1) is 0 Å². The fourth-order valence-corrected chi connectivity index (χ4v) is 1.99. The summed E-state index contributed by atoms with van der Waals surface area (Å²) in [7, 11) is 0. The predicted molar refractivity (Wildman–Crippen MR) is 64.2 cm³/mol. The van der Waals surface area contributed by atoms with Crippen LogP contribution in [-0.4, -0.2) is 23.1 Å². The fraction of sp³-hybridized carbons (Fsp3) is 0.545. The lowest BCUT2D eigenvalue weighted by molar-refractivity contribution is 0.150. The minimum atomic E-state index is 0.827. The number of pyridine rings is 1. The maximum Gasteiger partial charge on any atom is 0.0556 e. The summed E-state index contributed by atoms with van der Waals surface area (Å²) in [4.78, 5) is 4.33. The van der Waals surface area contributed by atoms with Crippen LogP contribution in [0.3, 0.4) is 0 Å². The quantitative estimate of drug-likeness (QED) is 0.913. The average molecular weight is 270 g/mol. The highest BCUT2D eigenvalue weighted by Gasteiger charge is 2.08. The molecule has 1 saturated heterocycles. The second-order valence-corrected chi connectivity index (χ2v) is 4.77. The van der Waals surface area contributed by atoms with Gasteiger partial charge < -0.3 is 0 Å². The number of halogens is 1. The van der Waals surface area contributed by atoms with Gasteiger partial charge in [0.15, 0.2) is 0 Å². The van der Waals surface area contributed by atoms with E-state index >= 15 is 0 Å². The predicted octanol–water partition coefficient (Wildman–Crippen LogP) is 2.33. The van der Waals surface area contributed by atoms with Crippen molar-refractivity contribution in [1.82, 2.24) is 15.4 Å². The highest BCUT2D eigenvalue weighted by molar-refractivity contribution is 9.10. The Morgan fingerprint density at radius 2 is 2.07 bits per heavy atom. The van der Waals surface area contributed by atoms with Crippen molar-refractivity contribution in [2.75, 3.05) is 13.1 Å². The van der Waals surface area contributed by atoms with Crippen LogP contribution in [0, 0.1) is 0 Å². The van der Waals surface area contributed by atoms with E-state index < -0.39 is 0 Å². The molecule has 3 nitrogen and oxygen atoms in total. The highest BCUT2D eigenvalue weighted by Crippen LogP contribution is 2.09. The number of hydrogen-bond acceptors (Lipinski definition) is 3. The third kappa shape index (κ3) is 3.55. The Kier molecular flexibility index (Phi) is 4.11. The molecule has 1 aromatic rings. The molecule has 1 aliphatic heterocycles. The van der Waals surface area contributed by atoms with Gasteiger partial charge in [-0.1, -0.05) is 6.42 Å². The molecule has 0 aliphatic carbocycles. The molecule has 1 aromatic heterocycles. The van der Waals surface area contributed by atoms with Crippen molar-refractivity contribution in [3.05, 3.63) is 28.5 Å². The van der Waals surface area contributed by atoms with Crippen molar-refractivity contribution in [1.29, 1.82) is 0 Å². The molecule has 0 saturated carbocycles. The van der Waals surface area contributed by atoms with Crippen molar-refractivity contribution in [3.63, 3.8) is 0 Å². The normalized spacial score (nSPS) is 17.9. The zero-order valence-corrected chi connectivity index (χ0v) is 10.3. The average Bonchev–Trinajstić information content (AvgIpc) is 2.30. The number of rotatable bonds is 3. The monoisotopic (exact) mass is 269 g/mol. The van der Waals surface area contributed by atoms with Crippen LogP contribution in [0.4, 0.5) is 0 Å². The largest absolute Gasteiger partial charge is 0.259 e. The van der Waals surface area contributed by atoms with Crippen LogP contribution in [0.25, 0.3) is 0 Å². The molecule has 82 valence electrons. The van der Waals surface area contributed by atoms with Gasteiger partial charge in [0, 0.05) is 23.8 Å². The molecule has 15 heavy (non-hydrogen) atoms. The minimum absolute atomic E-state index is 0.827. The minimum Gasteiger partial charge on any atom is -0.259 e. The van der Waals surface area contributed by atoms with Crippen LogP contribution >= 0.6 is 15.9 Å². The number of nitrogens with zero attached hydrogens (tertiary/aromatic N) is 2. The zero-order chi connectivity index (χ0) is 10.5. The van der Waals surface area contributed by atoms with Crippen molar-refractivity contribution in [2.45, 2.75) is 25.8 Å². The first-order valence-electron chi connectivity index (χ1n) is 5.43. The summed E-state index contributed by atoms with van der Waals surface area (Å²) in [5.41, 5.74) is 4.50. The summed E-state index contributed by atoms with van der Waals surface area (Å²) in [6.07, 6.45) is 5.82. The Hall–Kier alpha value is -0.450. The van der Waals surface area contributed by atoms with Crippen LogP contribution in [0.1, 0.15) is 25.0 Å². The van der Waals surface area contributed by atoms with Gasteiger partial charge >= 0.3 is 0 Å². The Labute approximate surface area is 99.0 Å². The SMILES string of the molecule is Brc1ccc(CNN2CCCCC2)nc1. The van der Waals surface area contributed by atoms with Crippen LogP contribution in [0.2, 0.25) is 0 Å². The van der Waals surface area contributed by atoms with Crippen molar-refractivity contribution in [2.24, 2.45) is 0 Å². The van der Waals surface area contributed by atoms with E-state index in [0.29, 0.717) is 0 Å². The molecule has 2 heterocycles. The number of nitrogens with one attached hydrogen (secondary N) is 1. The van der Waals surface area contributed by atoms with Crippen molar-refractivity contribution in [3.8, 4) is 0 Å². The molecule has 2 rings (SSSR count). The van der Waals surface area contributed by atoms with Gasteiger partial charge in [-0.05, 0) is 40.9 Å². The van der Waals surface area contributed by atoms with E-state index in [4.69, 9.17) is 0 Å². The van der Waals surface area contributed by atoms with Crippen LogP contribution in [-0.2, 0) is 6.54 Å². The lowest BCUT2D eigenvalue weighted by Crippen LogP contribution is -2.41. The van der Waals surface area contributed by atoms with Gasteiger partial charge in [0.05, 0.1) is 12.2 Å². The van der Waals surface area contributed by atoms with E-state index in [0.717, 1.165) is 29.8 Å². The third-order valence-electron chi connectivity index (χ3n) is 2.63. The maximum absolute atomic E-state index is 4.33. The summed E-state index contributed by atoms with van der Waals surface area (Å²) in [5.74, 6) is 0. The second-order valence-electron chi connectivity index (χ2n) is 3.85. The zero-order valence-electron chi connectivity index (χ0n) is 8.75. The Bertz CT molecular complexity index is 293. The molecule has 1 aliphatic rings. The Morgan fingerprint density at radius 1 is 1.27 bits per heavy atom. The van der Waals surface area contributed by atoms with Gasteiger partial charge in [0.1, 0.15) is 0 Å². The highest BCUT2D eigenvalue weighted by atomic mass is 79.9. The molecular formula is C11H16BrN3. The molecule has 1 N–H and O–H groups in total. The molecular weight excluding hydrogens is 254 g/mol. The number of hydrogen-bond donors (Lipinski definition) is 1. The van der Waals surface area contributed by atoms with Crippen LogP contribution in [0.15, 0.2) is 22.8 Å². The third-order valence-corrected chi connectivity index (χ3v) is 3.10. The number of hydrazine groups is 1. The smallest absolute Gasteiger partial charge is 0.0556 e. The van der Waals surface area contributed by atoms with Gasteiger partial charge in [-0.25, -0.2) is 10.4 Å². The van der Waals surface area contributed by atoms with Gasteiger partial charge in [-0.3, -0.25) is 4.98 Å². The second kappa shape index (κ2) is 5.58. The van der Waals surface area contributed by atoms with Gasteiger partial charge in [0.25, 0.3) is 0 Å². The van der Waals surface area contributed by atoms with E-state index in [1.807, 2.05) is 18.3 Å². The first kappa shape index (κ1) is 11.0. The van der Waals surface area contributed by atoms with E-state index in [9.17, 15) is 0 Å². The first-order chi connectivity index (χ1) is 7.34. The Morgan fingerprint density at radius 3 is 2.73 bits per heavy atom. The summed E-state index contributed by atoms with van der Waals surface area (Å²) >= 11 is 3.38. The molecule has 0 radical (unpaired) electrons. The molecule has 1 fully saturated rings. The first-order valence-corrected chi connectivity index (χ1v) is 6.23. The van der Waals surface area contributed by atoms with Crippen LogP contribution < -0.4 is 5.43 Å². The standard InChI is InChI=1S/C11H16BrN3/c12-10-4-5-11(13-8-10)9-14-15-6-2-1-3-7-15/h4-5,8,14H,1-3,6-7,9H2. The van der Waals surface area contributed by atoms with Crippen molar-refractivity contribution < 1.29 is 0 Å². The summed E-state index contributed by atoms with van der Waals surface area (Å²) in [5, 5.41) is 2.30. The molecule has 0 atom stereocenters. The number of aromatic nitrogens is 1. The lowest BCUT2D eigenvalue weighted by Gasteiger charge is -2.26. The van der Waals surface area contributed by atoms with E-state index in [2.05, 4.69) is 31.3 Å². The summed E-state index contributed by atoms with van der Waals surface area (Å²) < 4.78 is 1.03. The van der Waals surface area contributed by atoms with Crippen LogP contribution in [0.5, 0.6) is 0 Å². The van der Waals surface area contributed by atoms with Crippen molar-refractivity contribution >= 4 is 15.9 Å². The fourth-order valence-electron chi connectivity index (χ4n) is 1.76. The van der Waals surface area contributed by atoms with E-state index in [1.165, 1.54) is 19.3 Å². The van der Waals surface area contributed by atoms with E-state index in [1.54, 1.807) is 0 Å².